The fourth-order valence-corrected chi connectivity index (χ4v) is 1.05. The Kier molecular flexibility index (Phi) is 3.46. The molecule has 0 radical (unpaired) electrons. The van der Waals surface area contributed by atoms with Gasteiger partial charge < -0.3 is 10.2 Å². The summed E-state index contributed by atoms with van der Waals surface area (Å²) < 4.78 is 37.8. The van der Waals surface area contributed by atoms with Gasteiger partial charge in [0.2, 0.25) is 0 Å². The van der Waals surface area contributed by atoms with E-state index in [1.165, 1.54) is 6.07 Å². The maximum Gasteiger partial charge on any atom is 0.436 e. The Morgan fingerprint density at radius 2 is 2.12 bits per heavy atom. The van der Waals surface area contributed by atoms with Crippen molar-refractivity contribution in [3.05, 3.63) is 11.4 Å². The maximum atomic E-state index is 12.5. The van der Waals surface area contributed by atoms with Gasteiger partial charge in [-0.05, 0) is 0 Å². The van der Waals surface area contributed by atoms with Crippen LogP contribution in [0.4, 0.5) is 13.2 Å². The molecule has 1 unspecified atom stereocenters. The number of nitriles is 1. The largest absolute Gasteiger partial charge is 0.436 e. The lowest BCUT2D eigenvalue weighted by Gasteiger charge is -2.11. The fraction of sp³-hybridized carbons (Fsp3) is 0.571. The highest BCUT2D eigenvalue weighted by atomic mass is 19.4. The SMILES string of the molecule is N#Cc1nnn(CC(O)CO)c1C(F)(F)F. The van der Waals surface area contributed by atoms with Crippen LogP contribution in [0.15, 0.2) is 0 Å². The van der Waals surface area contributed by atoms with Gasteiger partial charge in [-0.1, -0.05) is 5.21 Å². The first-order chi connectivity index (χ1) is 7.40. The summed E-state index contributed by atoms with van der Waals surface area (Å²) >= 11 is 0. The van der Waals surface area contributed by atoms with Crippen LogP contribution in [0.3, 0.4) is 0 Å². The third kappa shape index (κ3) is 2.47. The second kappa shape index (κ2) is 4.46. The van der Waals surface area contributed by atoms with Crippen LogP contribution in [0.2, 0.25) is 0 Å². The molecule has 0 bridgehead atoms. The van der Waals surface area contributed by atoms with Gasteiger partial charge in [0.15, 0.2) is 11.4 Å². The number of aromatic nitrogens is 3. The molecule has 0 aromatic carbocycles. The van der Waals surface area contributed by atoms with E-state index >= 15 is 0 Å². The normalized spacial score (nSPS) is 13.5. The monoisotopic (exact) mass is 236 g/mol. The summed E-state index contributed by atoms with van der Waals surface area (Å²) in [6.45, 7) is -1.29. The smallest absolute Gasteiger partial charge is 0.394 e. The molecule has 6 nitrogen and oxygen atoms in total. The first-order valence-electron chi connectivity index (χ1n) is 4.09. The second-order valence-corrected chi connectivity index (χ2v) is 2.91. The zero-order chi connectivity index (χ0) is 12.3. The standard InChI is InChI=1S/C7H7F3N4O2/c8-7(9,10)6-5(1-11)12-13-14(6)2-4(16)3-15/h4,15-16H,2-3H2. The number of rotatable bonds is 3. The highest BCUT2D eigenvalue weighted by Crippen LogP contribution is 2.30. The molecule has 0 aliphatic rings. The second-order valence-electron chi connectivity index (χ2n) is 2.91. The predicted molar refractivity (Wildman–Crippen MR) is 42.8 cm³/mol. The van der Waals surface area contributed by atoms with Gasteiger partial charge in [-0.15, -0.1) is 5.10 Å². The topological polar surface area (TPSA) is 95.0 Å². The zero-order valence-corrected chi connectivity index (χ0v) is 7.81. The van der Waals surface area contributed by atoms with E-state index in [0.717, 1.165) is 0 Å². The quantitative estimate of drug-likeness (QED) is 0.739. The number of aliphatic hydroxyl groups excluding tert-OH is 2. The van der Waals surface area contributed by atoms with Gasteiger partial charge in [0.1, 0.15) is 6.07 Å². The van der Waals surface area contributed by atoms with Crippen molar-refractivity contribution in [2.75, 3.05) is 6.61 Å². The van der Waals surface area contributed by atoms with E-state index in [9.17, 15) is 13.2 Å². The Balaban J connectivity index is 3.12. The molecule has 1 atom stereocenters. The summed E-state index contributed by atoms with van der Waals surface area (Å²) in [5.41, 5.74) is -2.19. The molecule has 1 heterocycles. The minimum atomic E-state index is -4.79. The van der Waals surface area contributed by atoms with Crippen molar-refractivity contribution < 1.29 is 23.4 Å². The number of aliphatic hydroxyl groups is 2. The van der Waals surface area contributed by atoms with Gasteiger partial charge in [0, 0.05) is 0 Å². The minimum Gasteiger partial charge on any atom is -0.394 e. The van der Waals surface area contributed by atoms with Crippen LogP contribution in [0.25, 0.3) is 0 Å². The van der Waals surface area contributed by atoms with E-state index in [-0.39, 0.29) is 0 Å². The molecule has 1 rings (SSSR count). The molecular weight excluding hydrogens is 229 g/mol. The predicted octanol–water partition coefficient (Wildman–Crippen LogP) is -0.478. The number of nitrogens with zero attached hydrogens (tertiary/aromatic N) is 4. The van der Waals surface area contributed by atoms with Gasteiger partial charge in [-0.3, -0.25) is 0 Å². The average molecular weight is 236 g/mol. The first kappa shape index (κ1) is 12.4. The molecule has 2 N–H and O–H groups in total. The van der Waals surface area contributed by atoms with Gasteiger partial charge in [-0.25, -0.2) is 4.68 Å². The van der Waals surface area contributed by atoms with Gasteiger partial charge in [-0.2, -0.15) is 18.4 Å². The van der Waals surface area contributed by atoms with Crippen molar-refractivity contribution in [1.29, 1.82) is 5.26 Å². The van der Waals surface area contributed by atoms with Crippen LogP contribution >= 0.6 is 0 Å². The van der Waals surface area contributed by atoms with Crippen LogP contribution in [0.5, 0.6) is 0 Å². The highest BCUT2D eigenvalue weighted by molar-refractivity contribution is 5.26. The fourth-order valence-electron chi connectivity index (χ4n) is 1.05. The molecule has 1 aromatic heterocycles. The summed E-state index contributed by atoms with van der Waals surface area (Å²) in [6.07, 6.45) is -6.18. The van der Waals surface area contributed by atoms with E-state index < -0.39 is 36.8 Å². The highest BCUT2D eigenvalue weighted by Gasteiger charge is 2.39. The first-order valence-corrected chi connectivity index (χ1v) is 4.09. The molecule has 0 amide bonds. The van der Waals surface area contributed by atoms with E-state index in [2.05, 4.69) is 10.3 Å². The van der Waals surface area contributed by atoms with Gasteiger partial charge in [0.05, 0.1) is 19.3 Å². The summed E-state index contributed by atoms with van der Waals surface area (Å²) in [4.78, 5) is 0. The number of halogens is 3. The molecule has 0 spiro atoms. The third-order valence-electron chi connectivity index (χ3n) is 1.70. The maximum absolute atomic E-state index is 12.5. The molecular formula is C7H7F3N4O2. The number of hydrogen-bond acceptors (Lipinski definition) is 5. The minimum absolute atomic E-state index is 0.347. The van der Waals surface area contributed by atoms with E-state index in [1.807, 2.05) is 0 Å². The lowest BCUT2D eigenvalue weighted by molar-refractivity contribution is -0.145. The summed E-state index contributed by atoms with van der Waals surface area (Å²) in [5.74, 6) is 0. The molecule has 0 fully saturated rings. The molecule has 88 valence electrons. The van der Waals surface area contributed by atoms with E-state index in [0.29, 0.717) is 4.68 Å². The molecule has 0 aliphatic heterocycles. The van der Waals surface area contributed by atoms with Crippen molar-refractivity contribution in [1.82, 2.24) is 15.0 Å². The third-order valence-corrected chi connectivity index (χ3v) is 1.70. The van der Waals surface area contributed by atoms with Crippen LogP contribution in [0.1, 0.15) is 11.4 Å². The lowest BCUT2D eigenvalue weighted by Crippen LogP contribution is -2.25. The van der Waals surface area contributed by atoms with E-state index in [4.69, 9.17) is 15.5 Å². The van der Waals surface area contributed by atoms with Crippen LogP contribution in [0, 0.1) is 11.3 Å². The molecule has 0 aliphatic carbocycles. The molecule has 0 saturated carbocycles. The summed E-state index contributed by atoms with van der Waals surface area (Å²) in [5, 5.41) is 32.0. The van der Waals surface area contributed by atoms with Crippen molar-refractivity contribution in [2.45, 2.75) is 18.8 Å². The Morgan fingerprint density at radius 1 is 1.50 bits per heavy atom. The van der Waals surface area contributed by atoms with Crippen molar-refractivity contribution >= 4 is 0 Å². The average Bonchev–Trinajstić information content (AvgIpc) is 2.60. The van der Waals surface area contributed by atoms with Crippen LogP contribution in [-0.2, 0) is 12.7 Å². The van der Waals surface area contributed by atoms with Crippen LogP contribution in [-0.4, -0.2) is 37.9 Å². The van der Waals surface area contributed by atoms with Crippen LogP contribution < -0.4 is 0 Å². The van der Waals surface area contributed by atoms with Crippen molar-refractivity contribution in [3.8, 4) is 6.07 Å². The number of alkyl halides is 3. The Hall–Kier alpha value is -1.66. The molecule has 9 heteroatoms. The zero-order valence-electron chi connectivity index (χ0n) is 7.81. The summed E-state index contributed by atoms with van der Waals surface area (Å²) in [6, 6.07) is 1.26. The van der Waals surface area contributed by atoms with Crippen molar-refractivity contribution in [3.63, 3.8) is 0 Å². The Labute approximate surface area is 87.5 Å². The Morgan fingerprint density at radius 3 is 2.56 bits per heavy atom. The Bertz CT molecular complexity index is 409. The molecule has 16 heavy (non-hydrogen) atoms. The molecule has 0 saturated heterocycles. The molecule has 1 aromatic rings. The van der Waals surface area contributed by atoms with E-state index in [1.54, 1.807) is 0 Å². The lowest BCUT2D eigenvalue weighted by atomic mass is 10.3. The van der Waals surface area contributed by atoms with Crippen molar-refractivity contribution in [2.24, 2.45) is 0 Å². The van der Waals surface area contributed by atoms with Gasteiger partial charge >= 0.3 is 6.18 Å². The summed E-state index contributed by atoms with van der Waals surface area (Å²) in [7, 11) is 0. The van der Waals surface area contributed by atoms with Gasteiger partial charge in [0.25, 0.3) is 0 Å². The number of hydrogen-bond donors (Lipinski definition) is 2.